The molecule has 0 aromatic heterocycles. The molecular weight excluding hydrogens is 236 g/mol. The van der Waals surface area contributed by atoms with Crippen LogP contribution in [0.2, 0.25) is 0 Å². The molecule has 0 unspecified atom stereocenters. The maximum Gasteiger partial charge on any atom is 0.161 e. The first-order chi connectivity index (χ1) is 6.34. The van der Waals surface area contributed by atoms with Crippen LogP contribution in [0.1, 0.15) is 0 Å². The van der Waals surface area contributed by atoms with Crippen LogP contribution < -0.4 is 4.74 Å². The van der Waals surface area contributed by atoms with Gasteiger partial charge < -0.3 is 14.6 Å². The highest BCUT2D eigenvalue weighted by Gasteiger charge is 1.98. The fraction of sp³-hybridized carbons (Fsp3) is 0.333. The third-order valence-corrected chi connectivity index (χ3v) is 1.75. The van der Waals surface area contributed by atoms with Gasteiger partial charge in [-0.15, -0.1) is 0 Å². The molecule has 0 saturated carbocycles. The van der Waals surface area contributed by atoms with Crippen molar-refractivity contribution >= 4 is 15.9 Å². The van der Waals surface area contributed by atoms with Crippen LogP contribution >= 0.6 is 15.9 Å². The van der Waals surface area contributed by atoms with Gasteiger partial charge in [0.2, 0.25) is 0 Å². The van der Waals surface area contributed by atoms with E-state index in [9.17, 15) is 5.11 Å². The summed E-state index contributed by atoms with van der Waals surface area (Å²) >= 11 is 3.12. The van der Waals surface area contributed by atoms with E-state index in [0.717, 1.165) is 0 Å². The number of aromatic hydroxyl groups is 1. The molecule has 0 saturated heterocycles. The quantitative estimate of drug-likeness (QED) is 0.640. The Morgan fingerprint density at radius 1 is 1.23 bits per heavy atom. The van der Waals surface area contributed by atoms with Crippen LogP contribution in [0.25, 0.3) is 0 Å². The third kappa shape index (κ3) is 3.65. The zero-order chi connectivity index (χ0) is 9.52. The van der Waals surface area contributed by atoms with Crippen LogP contribution in [-0.2, 0) is 4.74 Å². The number of alkyl halides is 1. The van der Waals surface area contributed by atoms with E-state index >= 15 is 0 Å². The molecule has 1 aromatic rings. The van der Waals surface area contributed by atoms with Gasteiger partial charge in [-0.2, -0.15) is 0 Å². The van der Waals surface area contributed by atoms with Crippen LogP contribution in [0.4, 0.5) is 0 Å². The minimum absolute atomic E-state index is 0.154. The van der Waals surface area contributed by atoms with Gasteiger partial charge >= 0.3 is 0 Å². The summed E-state index contributed by atoms with van der Waals surface area (Å²) < 4.78 is 10.2. The first kappa shape index (κ1) is 10.3. The summed E-state index contributed by atoms with van der Waals surface area (Å²) in [5.74, 6) is 0.641. The van der Waals surface area contributed by atoms with E-state index in [1.54, 1.807) is 24.3 Å². The van der Waals surface area contributed by atoms with Crippen LogP contribution in [0, 0.1) is 0 Å². The monoisotopic (exact) mass is 246 g/mol. The van der Waals surface area contributed by atoms with Crippen LogP contribution in [0.15, 0.2) is 24.3 Å². The van der Waals surface area contributed by atoms with Gasteiger partial charge in [0.15, 0.2) is 11.5 Å². The van der Waals surface area contributed by atoms with Crippen molar-refractivity contribution in [2.45, 2.75) is 0 Å². The number of phenolic OH excluding ortho intramolecular Hbond substituents is 1. The highest BCUT2D eigenvalue weighted by atomic mass is 79.9. The van der Waals surface area contributed by atoms with E-state index in [1.807, 2.05) is 0 Å². The van der Waals surface area contributed by atoms with Gasteiger partial charge in [0.05, 0.1) is 6.61 Å². The molecule has 0 spiro atoms. The lowest BCUT2D eigenvalue weighted by atomic mass is 10.3. The van der Waals surface area contributed by atoms with Crippen molar-refractivity contribution in [1.82, 2.24) is 0 Å². The lowest BCUT2D eigenvalue weighted by Crippen LogP contribution is -2.05. The van der Waals surface area contributed by atoms with Gasteiger partial charge in [0, 0.05) is 0 Å². The van der Waals surface area contributed by atoms with Crippen molar-refractivity contribution in [2.75, 3.05) is 18.7 Å². The molecule has 3 nitrogen and oxygen atoms in total. The highest BCUT2D eigenvalue weighted by molar-refractivity contribution is 9.09. The summed E-state index contributed by atoms with van der Waals surface area (Å²) in [5, 5.41) is 9.29. The summed E-state index contributed by atoms with van der Waals surface area (Å²) in [6.45, 7) is 0.933. The average molecular weight is 247 g/mol. The standard InChI is InChI=1S/C9H11BrO3/c10-7-12-5-6-13-9-4-2-1-3-8(9)11/h1-4,11H,5-7H2. The van der Waals surface area contributed by atoms with Crippen molar-refractivity contribution in [3.05, 3.63) is 24.3 Å². The van der Waals surface area contributed by atoms with Crippen LogP contribution in [0.3, 0.4) is 0 Å². The molecule has 0 aliphatic heterocycles. The SMILES string of the molecule is Oc1ccccc1OCCOCBr. The van der Waals surface area contributed by atoms with Crippen molar-refractivity contribution in [1.29, 1.82) is 0 Å². The zero-order valence-electron chi connectivity index (χ0n) is 7.07. The molecule has 4 heteroatoms. The Labute approximate surface area is 85.4 Å². The number of hydrogen-bond acceptors (Lipinski definition) is 3. The third-order valence-electron chi connectivity index (χ3n) is 1.43. The molecule has 0 bridgehead atoms. The summed E-state index contributed by atoms with van der Waals surface area (Å²) in [7, 11) is 0. The minimum atomic E-state index is 0.154. The Kier molecular flexibility index (Phi) is 4.64. The molecule has 72 valence electrons. The molecule has 0 aliphatic rings. The normalized spacial score (nSPS) is 9.92. The molecule has 0 heterocycles. The minimum Gasteiger partial charge on any atom is -0.504 e. The van der Waals surface area contributed by atoms with Gasteiger partial charge in [0.25, 0.3) is 0 Å². The lowest BCUT2D eigenvalue weighted by Gasteiger charge is -2.06. The van der Waals surface area contributed by atoms with Crippen LogP contribution in [0.5, 0.6) is 11.5 Å². The first-order valence-corrected chi connectivity index (χ1v) is 5.01. The Balaban J connectivity index is 2.32. The van der Waals surface area contributed by atoms with E-state index in [2.05, 4.69) is 15.9 Å². The predicted molar refractivity (Wildman–Crippen MR) is 53.3 cm³/mol. The fourth-order valence-corrected chi connectivity index (χ4v) is 1.07. The van der Waals surface area contributed by atoms with Crippen LogP contribution in [-0.4, -0.2) is 23.8 Å². The Bertz CT molecular complexity index is 252. The Morgan fingerprint density at radius 3 is 2.69 bits per heavy atom. The molecule has 0 fully saturated rings. The molecule has 0 radical (unpaired) electrons. The number of ether oxygens (including phenoxy) is 2. The predicted octanol–water partition coefficient (Wildman–Crippen LogP) is 2.14. The zero-order valence-corrected chi connectivity index (χ0v) is 8.66. The Morgan fingerprint density at radius 2 is 2.00 bits per heavy atom. The second-order valence-corrected chi connectivity index (χ2v) is 2.79. The number of phenols is 1. The number of rotatable bonds is 5. The molecule has 0 atom stereocenters. The summed E-state index contributed by atoms with van der Waals surface area (Å²) in [4.78, 5) is 0. The second kappa shape index (κ2) is 5.83. The summed E-state index contributed by atoms with van der Waals surface area (Å²) in [5.41, 5.74) is 0.497. The maximum atomic E-state index is 9.29. The number of benzene rings is 1. The smallest absolute Gasteiger partial charge is 0.161 e. The fourth-order valence-electron chi connectivity index (χ4n) is 0.844. The number of para-hydroxylation sites is 2. The largest absolute Gasteiger partial charge is 0.504 e. The summed E-state index contributed by atoms with van der Waals surface area (Å²) in [6.07, 6.45) is 0. The molecule has 1 aromatic carbocycles. The van der Waals surface area contributed by atoms with E-state index in [1.165, 1.54) is 0 Å². The van der Waals surface area contributed by atoms with Gasteiger partial charge in [-0.25, -0.2) is 0 Å². The van der Waals surface area contributed by atoms with E-state index in [-0.39, 0.29) is 5.75 Å². The van der Waals surface area contributed by atoms with Crippen molar-refractivity contribution < 1.29 is 14.6 Å². The van der Waals surface area contributed by atoms with Crippen molar-refractivity contribution in [3.63, 3.8) is 0 Å². The number of hydrogen-bond donors (Lipinski definition) is 1. The molecule has 0 amide bonds. The van der Waals surface area contributed by atoms with Crippen molar-refractivity contribution in [2.24, 2.45) is 0 Å². The maximum absolute atomic E-state index is 9.29. The van der Waals surface area contributed by atoms with Gasteiger partial charge in [-0.05, 0) is 12.1 Å². The number of halogens is 1. The molecule has 0 aliphatic carbocycles. The van der Waals surface area contributed by atoms with E-state index < -0.39 is 0 Å². The van der Waals surface area contributed by atoms with Gasteiger partial charge in [-0.1, -0.05) is 28.1 Å². The van der Waals surface area contributed by atoms with Gasteiger partial charge in [-0.3, -0.25) is 0 Å². The second-order valence-electron chi connectivity index (χ2n) is 2.33. The topological polar surface area (TPSA) is 38.7 Å². The molecule has 13 heavy (non-hydrogen) atoms. The molecule has 1 N–H and O–H groups in total. The van der Waals surface area contributed by atoms with E-state index in [0.29, 0.717) is 24.5 Å². The van der Waals surface area contributed by atoms with E-state index in [4.69, 9.17) is 9.47 Å². The lowest BCUT2D eigenvalue weighted by molar-refractivity contribution is 0.136. The Hall–Kier alpha value is -0.740. The van der Waals surface area contributed by atoms with Crippen molar-refractivity contribution in [3.8, 4) is 11.5 Å². The summed E-state index contributed by atoms with van der Waals surface area (Å²) in [6, 6.07) is 6.85. The first-order valence-electron chi connectivity index (χ1n) is 3.89. The molecule has 1 rings (SSSR count). The van der Waals surface area contributed by atoms with Gasteiger partial charge in [0.1, 0.15) is 12.1 Å². The molecular formula is C9H11BrO3. The highest BCUT2D eigenvalue weighted by Crippen LogP contribution is 2.23. The average Bonchev–Trinajstić information content (AvgIpc) is 2.15.